The van der Waals surface area contributed by atoms with Crippen LogP contribution in [0.3, 0.4) is 0 Å². The number of halogens is 1. The largest absolute Gasteiger partial charge is 0.354 e. The smallest absolute Gasteiger partial charge is 0.334 e. The van der Waals surface area contributed by atoms with Gasteiger partial charge in [-0.3, -0.25) is 10.1 Å². The van der Waals surface area contributed by atoms with Crippen molar-refractivity contribution in [2.24, 2.45) is 0 Å². The third-order valence-corrected chi connectivity index (χ3v) is 4.70. The SMILES string of the molecule is CCN(c1cccc(C)c1)c1ncnc(Nc2ccc(I)cc2)c1[N+](=O)[O-]. The maximum Gasteiger partial charge on any atom is 0.354 e. The Morgan fingerprint density at radius 2 is 1.93 bits per heavy atom. The molecule has 0 aliphatic rings. The fourth-order valence-electron chi connectivity index (χ4n) is 2.75. The van der Waals surface area contributed by atoms with Gasteiger partial charge in [-0.15, -0.1) is 0 Å². The average Bonchev–Trinajstić information content (AvgIpc) is 2.64. The van der Waals surface area contributed by atoms with Crippen LogP contribution in [0.2, 0.25) is 0 Å². The minimum atomic E-state index is -0.442. The van der Waals surface area contributed by atoms with Crippen LogP contribution in [-0.4, -0.2) is 21.4 Å². The second-order valence-electron chi connectivity index (χ2n) is 5.87. The van der Waals surface area contributed by atoms with Crippen LogP contribution < -0.4 is 10.2 Å². The Balaban J connectivity index is 2.07. The molecule has 0 fully saturated rings. The molecule has 0 aliphatic heterocycles. The zero-order valence-electron chi connectivity index (χ0n) is 14.9. The summed E-state index contributed by atoms with van der Waals surface area (Å²) in [6.07, 6.45) is 1.34. The highest BCUT2D eigenvalue weighted by Crippen LogP contribution is 2.37. The van der Waals surface area contributed by atoms with E-state index in [2.05, 4.69) is 37.9 Å². The third-order valence-electron chi connectivity index (χ3n) is 3.98. The minimum Gasteiger partial charge on any atom is -0.334 e. The van der Waals surface area contributed by atoms with Crippen LogP contribution >= 0.6 is 22.6 Å². The van der Waals surface area contributed by atoms with Gasteiger partial charge in [0.2, 0.25) is 11.6 Å². The quantitative estimate of drug-likeness (QED) is 0.300. The number of aryl methyl sites for hydroxylation is 1. The molecule has 2 aromatic carbocycles. The Hall–Kier alpha value is -2.75. The lowest BCUT2D eigenvalue weighted by Crippen LogP contribution is -2.19. The number of hydrogen-bond acceptors (Lipinski definition) is 6. The number of hydrogen-bond donors (Lipinski definition) is 1. The molecule has 0 amide bonds. The third kappa shape index (κ3) is 4.33. The van der Waals surface area contributed by atoms with Crippen molar-refractivity contribution in [1.29, 1.82) is 0 Å². The molecule has 0 spiro atoms. The van der Waals surface area contributed by atoms with Crippen molar-refractivity contribution in [3.8, 4) is 0 Å². The van der Waals surface area contributed by atoms with Crippen molar-refractivity contribution in [3.05, 3.63) is 74.1 Å². The normalized spacial score (nSPS) is 10.5. The molecule has 1 heterocycles. The first kappa shape index (κ1) is 19.0. The van der Waals surface area contributed by atoms with Gasteiger partial charge in [-0.2, -0.15) is 0 Å². The standard InChI is InChI=1S/C19H18IN5O2/c1-3-24(16-6-4-5-13(2)11-16)19-17(25(26)27)18(21-12-22-19)23-15-9-7-14(20)8-10-15/h4-12H,3H2,1-2H3,(H,21,22,23). The van der Waals surface area contributed by atoms with Gasteiger partial charge in [-0.05, 0) is 78.4 Å². The molecule has 0 saturated carbocycles. The Morgan fingerprint density at radius 3 is 2.56 bits per heavy atom. The molecule has 8 heteroatoms. The number of benzene rings is 2. The Kier molecular flexibility index (Phi) is 5.84. The summed E-state index contributed by atoms with van der Waals surface area (Å²) < 4.78 is 1.08. The van der Waals surface area contributed by atoms with Crippen molar-refractivity contribution in [2.75, 3.05) is 16.8 Å². The molecule has 3 rings (SSSR count). The van der Waals surface area contributed by atoms with Crippen molar-refractivity contribution < 1.29 is 4.92 Å². The molecule has 138 valence electrons. The highest BCUT2D eigenvalue weighted by Gasteiger charge is 2.27. The topological polar surface area (TPSA) is 84.2 Å². The number of nitro groups is 1. The second-order valence-corrected chi connectivity index (χ2v) is 7.11. The summed E-state index contributed by atoms with van der Waals surface area (Å²) in [5, 5.41) is 14.9. The first-order valence-electron chi connectivity index (χ1n) is 8.35. The van der Waals surface area contributed by atoms with E-state index < -0.39 is 4.92 Å². The fraction of sp³-hybridized carbons (Fsp3) is 0.158. The molecule has 0 saturated heterocycles. The molecule has 1 N–H and O–H groups in total. The van der Waals surface area contributed by atoms with Crippen molar-refractivity contribution in [2.45, 2.75) is 13.8 Å². The van der Waals surface area contributed by atoms with Crippen LogP contribution in [-0.2, 0) is 0 Å². The van der Waals surface area contributed by atoms with Crippen LogP contribution in [0, 0.1) is 20.6 Å². The zero-order chi connectivity index (χ0) is 19.4. The number of anilines is 4. The monoisotopic (exact) mass is 475 g/mol. The Labute approximate surface area is 170 Å². The summed E-state index contributed by atoms with van der Waals surface area (Å²) in [6.45, 7) is 4.44. The summed E-state index contributed by atoms with van der Waals surface area (Å²) in [5.74, 6) is 0.424. The molecule has 1 aromatic heterocycles. The highest BCUT2D eigenvalue weighted by molar-refractivity contribution is 14.1. The number of rotatable bonds is 6. The van der Waals surface area contributed by atoms with E-state index in [0.717, 1.165) is 20.5 Å². The minimum absolute atomic E-state index is 0.153. The molecule has 0 atom stereocenters. The summed E-state index contributed by atoms with van der Waals surface area (Å²) in [4.78, 5) is 21.6. The van der Waals surface area contributed by atoms with Crippen LogP contribution in [0.1, 0.15) is 12.5 Å². The average molecular weight is 475 g/mol. The van der Waals surface area contributed by atoms with Crippen LogP contribution in [0.4, 0.5) is 28.7 Å². The van der Waals surface area contributed by atoms with E-state index in [1.54, 1.807) is 0 Å². The van der Waals surface area contributed by atoms with E-state index in [-0.39, 0.29) is 17.3 Å². The molecular weight excluding hydrogens is 457 g/mol. The van der Waals surface area contributed by atoms with Crippen LogP contribution in [0.5, 0.6) is 0 Å². The Morgan fingerprint density at radius 1 is 1.19 bits per heavy atom. The van der Waals surface area contributed by atoms with Gasteiger partial charge in [0, 0.05) is 21.5 Å². The van der Waals surface area contributed by atoms with E-state index in [1.807, 2.05) is 67.3 Å². The van der Waals surface area contributed by atoms with Crippen molar-refractivity contribution in [1.82, 2.24) is 9.97 Å². The van der Waals surface area contributed by atoms with Gasteiger partial charge in [0.15, 0.2) is 0 Å². The van der Waals surface area contributed by atoms with Gasteiger partial charge in [-0.25, -0.2) is 9.97 Å². The lowest BCUT2D eigenvalue weighted by molar-refractivity contribution is -0.383. The second kappa shape index (κ2) is 8.30. The number of nitrogens with zero attached hydrogens (tertiary/aromatic N) is 4. The van der Waals surface area contributed by atoms with Gasteiger partial charge in [-0.1, -0.05) is 12.1 Å². The molecule has 0 radical (unpaired) electrons. The van der Waals surface area contributed by atoms with Gasteiger partial charge in [0.25, 0.3) is 0 Å². The first-order valence-corrected chi connectivity index (χ1v) is 9.43. The van der Waals surface area contributed by atoms with Gasteiger partial charge >= 0.3 is 5.69 Å². The van der Waals surface area contributed by atoms with E-state index in [4.69, 9.17) is 0 Å². The maximum absolute atomic E-state index is 11.9. The van der Waals surface area contributed by atoms with Crippen LogP contribution in [0.15, 0.2) is 54.9 Å². The molecule has 3 aromatic rings. The summed E-state index contributed by atoms with van der Waals surface area (Å²) in [7, 11) is 0. The molecule has 0 aliphatic carbocycles. The summed E-state index contributed by atoms with van der Waals surface area (Å²) in [6, 6.07) is 15.3. The molecule has 7 nitrogen and oxygen atoms in total. The summed E-state index contributed by atoms with van der Waals surface area (Å²) >= 11 is 2.20. The molecular formula is C19H18IN5O2. The highest BCUT2D eigenvalue weighted by atomic mass is 127. The lowest BCUT2D eigenvalue weighted by atomic mass is 10.2. The number of aromatic nitrogens is 2. The van der Waals surface area contributed by atoms with Crippen molar-refractivity contribution in [3.63, 3.8) is 0 Å². The van der Waals surface area contributed by atoms with E-state index in [0.29, 0.717) is 6.54 Å². The predicted octanol–water partition coefficient (Wildman–Crippen LogP) is 5.20. The zero-order valence-corrected chi connectivity index (χ0v) is 17.0. The fourth-order valence-corrected chi connectivity index (χ4v) is 3.11. The van der Waals surface area contributed by atoms with E-state index in [1.165, 1.54) is 6.33 Å². The van der Waals surface area contributed by atoms with Gasteiger partial charge < -0.3 is 10.2 Å². The lowest BCUT2D eigenvalue weighted by Gasteiger charge is -2.22. The van der Waals surface area contributed by atoms with Gasteiger partial charge in [0.1, 0.15) is 6.33 Å². The number of nitrogens with one attached hydrogen (secondary N) is 1. The van der Waals surface area contributed by atoms with E-state index in [9.17, 15) is 10.1 Å². The molecule has 27 heavy (non-hydrogen) atoms. The van der Waals surface area contributed by atoms with Crippen molar-refractivity contribution >= 4 is 51.3 Å². The predicted molar refractivity (Wildman–Crippen MR) is 115 cm³/mol. The first-order chi connectivity index (χ1) is 13.0. The van der Waals surface area contributed by atoms with Gasteiger partial charge in [0.05, 0.1) is 4.92 Å². The molecule has 0 bridgehead atoms. The molecule has 0 unspecified atom stereocenters. The van der Waals surface area contributed by atoms with E-state index >= 15 is 0 Å². The summed E-state index contributed by atoms with van der Waals surface area (Å²) in [5.41, 5.74) is 2.49. The Bertz CT molecular complexity index is 963. The maximum atomic E-state index is 11.9. The van der Waals surface area contributed by atoms with Crippen LogP contribution in [0.25, 0.3) is 0 Å².